The molecule has 1 atom stereocenters. The molecule has 2 aromatic rings. The summed E-state index contributed by atoms with van der Waals surface area (Å²) in [5, 5.41) is 0. The van der Waals surface area contributed by atoms with Crippen molar-refractivity contribution in [1.82, 2.24) is 0 Å². The summed E-state index contributed by atoms with van der Waals surface area (Å²) in [5.41, 5.74) is 2.67. The molecule has 0 bridgehead atoms. The Balaban J connectivity index is 2.12. The van der Waals surface area contributed by atoms with E-state index in [-0.39, 0.29) is 0 Å². The van der Waals surface area contributed by atoms with Gasteiger partial charge in [-0.05, 0) is 48.0 Å². The van der Waals surface area contributed by atoms with Gasteiger partial charge in [0.1, 0.15) is 19.1 Å². The molecule has 2 aromatic carbocycles. The van der Waals surface area contributed by atoms with E-state index in [4.69, 9.17) is 17.0 Å². The molecule has 0 fully saturated rings. The van der Waals surface area contributed by atoms with Gasteiger partial charge in [0.2, 0.25) is 0 Å². The Morgan fingerprint density at radius 2 is 1.29 bits per heavy atom. The Bertz CT molecular complexity index is 536. The molecule has 2 nitrogen and oxygen atoms in total. The average Bonchev–Trinajstić information content (AvgIpc) is 2.65. The molecule has 1 unspecified atom stereocenters. The Hall–Kier alpha value is -1.47. The van der Waals surface area contributed by atoms with Gasteiger partial charge in [-0.1, -0.05) is 43.5 Å². The molecule has 2 rings (SSSR count). The first-order valence-corrected chi connectivity index (χ1v) is 9.78. The number of methoxy groups -OCH3 is 2. The van der Waals surface area contributed by atoms with E-state index >= 15 is 0 Å². The number of unbranched alkanes of at least 4 members (excludes halogenated alkanes) is 2. The van der Waals surface area contributed by atoms with Crippen LogP contribution in [0.5, 0.6) is 11.5 Å². The van der Waals surface area contributed by atoms with E-state index in [2.05, 4.69) is 24.3 Å². The molecule has 126 valence electrons. The Labute approximate surface area is 149 Å². The third-order valence-electron chi connectivity index (χ3n) is 4.35. The van der Waals surface area contributed by atoms with Gasteiger partial charge in [-0.25, -0.2) is 0 Å². The monoisotopic (exact) mass is 340 g/mol. The topological polar surface area (TPSA) is 18.5 Å². The lowest BCUT2D eigenvalue weighted by Gasteiger charge is -2.19. The van der Waals surface area contributed by atoms with Crippen LogP contribution in [-0.2, 0) is 0 Å². The number of hydrogen-bond acceptors (Lipinski definition) is 2. The zero-order valence-electron chi connectivity index (χ0n) is 14.6. The highest BCUT2D eigenvalue weighted by molar-refractivity contribution is 7.66. The van der Waals surface area contributed by atoms with Crippen molar-refractivity contribution in [1.29, 1.82) is 0 Å². The second-order valence-electron chi connectivity index (χ2n) is 5.90. The van der Waals surface area contributed by atoms with Gasteiger partial charge < -0.3 is 9.47 Å². The van der Waals surface area contributed by atoms with Crippen molar-refractivity contribution in [2.75, 3.05) is 20.4 Å². The molecule has 0 spiro atoms. The molecular formula is C20H26BO2P. The molecule has 24 heavy (non-hydrogen) atoms. The summed E-state index contributed by atoms with van der Waals surface area (Å²) in [6.07, 6.45) is 5.98. The van der Waals surface area contributed by atoms with E-state index in [1.54, 1.807) is 14.2 Å². The first kappa shape index (κ1) is 18.9. The molecule has 0 N–H and O–H groups in total. The van der Waals surface area contributed by atoms with Crippen LogP contribution in [0.1, 0.15) is 42.7 Å². The van der Waals surface area contributed by atoms with E-state index in [0.29, 0.717) is 14.4 Å². The molecule has 0 aliphatic heterocycles. The van der Waals surface area contributed by atoms with Crippen LogP contribution in [0.25, 0.3) is 0 Å². The van der Waals surface area contributed by atoms with Gasteiger partial charge in [0.25, 0.3) is 0 Å². The third-order valence-corrected chi connectivity index (χ3v) is 4.99. The molecule has 0 saturated heterocycles. The average molecular weight is 340 g/mol. The molecule has 0 aromatic heterocycles. The summed E-state index contributed by atoms with van der Waals surface area (Å²) >= 11 is 0. The lowest BCUT2D eigenvalue weighted by atomic mass is 9.87. The van der Waals surface area contributed by atoms with E-state index in [1.807, 2.05) is 24.3 Å². The van der Waals surface area contributed by atoms with Crippen LogP contribution >= 0.6 is 8.46 Å². The summed E-state index contributed by atoms with van der Waals surface area (Å²) in [4.78, 5) is 0. The fourth-order valence-electron chi connectivity index (χ4n) is 2.95. The van der Waals surface area contributed by atoms with Crippen molar-refractivity contribution < 1.29 is 9.47 Å². The van der Waals surface area contributed by atoms with E-state index in [9.17, 15) is 0 Å². The van der Waals surface area contributed by atoms with Crippen molar-refractivity contribution in [2.45, 2.75) is 31.6 Å². The first-order chi connectivity index (χ1) is 11.8. The molecule has 0 amide bonds. The highest BCUT2D eigenvalue weighted by atomic mass is 31.1. The predicted molar refractivity (Wildman–Crippen MR) is 105 cm³/mol. The lowest BCUT2D eigenvalue weighted by molar-refractivity contribution is 0.414. The van der Waals surface area contributed by atoms with E-state index < -0.39 is 0 Å². The second-order valence-corrected chi connectivity index (χ2v) is 6.81. The van der Waals surface area contributed by atoms with Crippen LogP contribution in [0, 0.1) is 0 Å². The van der Waals surface area contributed by atoms with Crippen molar-refractivity contribution in [3.05, 3.63) is 59.7 Å². The van der Waals surface area contributed by atoms with Crippen LogP contribution in [-0.4, -0.2) is 27.9 Å². The zero-order valence-corrected chi connectivity index (χ0v) is 15.6. The number of benzene rings is 2. The largest absolute Gasteiger partial charge is 0.497 e. The lowest BCUT2D eigenvalue weighted by Crippen LogP contribution is -2.02. The van der Waals surface area contributed by atoms with Gasteiger partial charge in [0, 0.05) is 5.92 Å². The van der Waals surface area contributed by atoms with Crippen molar-refractivity contribution in [2.24, 2.45) is 0 Å². The fraction of sp³-hybridized carbons (Fsp3) is 0.400. The minimum atomic E-state index is 0.405. The van der Waals surface area contributed by atoms with Gasteiger partial charge in [-0.2, -0.15) is 8.46 Å². The van der Waals surface area contributed by atoms with E-state index in [1.165, 1.54) is 30.4 Å². The summed E-state index contributed by atoms with van der Waals surface area (Å²) in [6.45, 7) is 0. The van der Waals surface area contributed by atoms with Crippen LogP contribution in [0.2, 0.25) is 0 Å². The summed E-state index contributed by atoms with van der Waals surface area (Å²) < 4.78 is 10.6. The van der Waals surface area contributed by atoms with E-state index in [0.717, 1.165) is 24.1 Å². The number of ether oxygens (including phenoxy) is 2. The molecular weight excluding hydrogens is 314 g/mol. The van der Waals surface area contributed by atoms with Gasteiger partial charge in [-0.3, -0.25) is 0 Å². The minimum absolute atomic E-state index is 0.405. The standard InChI is InChI=1S/C20H26BO2P/c1-22-18-11-7-16(8-12-18)20(6-4-3-5-15-24-21)17-9-13-19(23-2)14-10-17/h7-14,20,24H,3-6,15H2,1-2H3. The molecule has 0 aliphatic carbocycles. The van der Waals surface area contributed by atoms with Gasteiger partial charge in [0.05, 0.1) is 14.2 Å². The first-order valence-electron chi connectivity index (χ1n) is 8.50. The summed E-state index contributed by atoms with van der Waals surface area (Å²) in [7, 11) is 9.59. The molecule has 2 radical (unpaired) electrons. The maximum atomic E-state index is 5.61. The highest BCUT2D eigenvalue weighted by Crippen LogP contribution is 2.32. The van der Waals surface area contributed by atoms with Crippen LogP contribution in [0.4, 0.5) is 0 Å². The quantitative estimate of drug-likeness (QED) is 0.338. The zero-order chi connectivity index (χ0) is 17.2. The fourth-order valence-corrected chi connectivity index (χ4v) is 3.40. The number of hydrogen-bond donors (Lipinski definition) is 0. The maximum absolute atomic E-state index is 5.61. The number of rotatable bonds is 10. The molecule has 4 heteroatoms. The molecule has 0 aliphatic rings. The van der Waals surface area contributed by atoms with Crippen molar-refractivity contribution >= 4 is 16.0 Å². The third kappa shape index (κ3) is 5.56. The Morgan fingerprint density at radius 1 is 0.792 bits per heavy atom. The molecule has 0 heterocycles. The Kier molecular flexibility index (Phi) is 8.18. The summed E-state index contributed by atoms with van der Waals surface area (Å²) in [5.74, 6) is 2.20. The second kappa shape index (κ2) is 10.4. The van der Waals surface area contributed by atoms with Gasteiger partial charge in [0.15, 0.2) is 0 Å². The summed E-state index contributed by atoms with van der Waals surface area (Å²) in [6, 6.07) is 16.9. The van der Waals surface area contributed by atoms with Crippen molar-refractivity contribution in [3.63, 3.8) is 0 Å². The van der Waals surface area contributed by atoms with Crippen LogP contribution < -0.4 is 9.47 Å². The Morgan fingerprint density at radius 3 is 1.71 bits per heavy atom. The normalized spacial score (nSPS) is 11.3. The SMILES string of the molecule is [B]PCCCCCC(c1ccc(OC)cc1)c1ccc(OC)cc1. The van der Waals surface area contributed by atoms with Crippen LogP contribution in [0.3, 0.4) is 0 Å². The highest BCUT2D eigenvalue weighted by Gasteiger charge is 2.14. The molecule has 0 saturated carbocycles. The minimum Gasteiger partial charge on any atom is -0.497 e. The maximum Gasteiger partial charge on any atom is 0.118 e. The van der Waals surface area contributed by atoms with Gasteiger partial charge in [-0.15, -0.1) is 0 Å². The van der Waals surface area contributed by atoms with Crippen molar-refractivity contribution in [3.8, 4) is 11.5 Å². The smallest absolute Gasteiger partial charge is 0.118 e. The van der Waals surface area contributed by atoms with Gasteiger partial charge >= 0.3 is 0 Å². The van der Waals surface area contributed by atoms with Crippen LogP contribution in [0.15, 0.2) is 48.5 Å². The predicted octanol–water partition coefficient (Wildman–Crippen LogP) is 5.16.